The smallest absolute Gasteiger partial charge is 0.191 e. The summed E-state index contributed by atoms with van der Waals surface area (Å²) in [5, 5.41) is 0. The van der Waals surface area contributed by atoms with Gasteiger partial charge in [-0.15, -0.1) is 0 Å². The zero-order chi connectivity index (χ0) is 14.5. The molecular weight excluding hydrogens is 257 g/mol. The van der Waals surface area contributed by atoms with Gasteiger partial charge in [-0.1, -0.05) is 13.0 Å². The maximum atomic E-state index is 13.1. The minimum atomic E-state index is -0.297. The quantitative estimate of drug-likeness (QED) is 0.642. The topological polar surface area (TPSA) is 50.8 Å². The number of benzene rings is 1. The Morgan fingerprint density at radius 1 is 1.55 bits per heavy atom. The maximum Gasteiger partial charge on any atom is 0.191 e. The SMILES string of the molecule is CCC(CN=C(N)N(C)C1CC1)Oc1cccc(F)c1. The van der Waals surface area contributed by atoms with Crippen molar-refractivity contribution >= 4 is 5.96 Å². The minimum absolute atomic E-state index is 0.0945. The molecule has 5 heteroatoms. The van der Waals surface area contributed by atoms with E-state index >= 15 is 0 Å². The second-order valence-corrected chi connectivity index (χ2v) is 5.15. The molecule has 1 fully saturated rings. The predicted octanol–water partition coefficient (Wildman–Crippen LogP) is 2.39. The number of aliphatic imine (C=N–C) groups is 1. The van der Waals surface area contributed by atoms with Gasteiger partial charge in [0.2, 0.25) is 0 Å². The molecule has 0 bridgehead atoms. The number of rotatable bonds is 6. The van der Waals surface area contributed by atoms with E-state index in [1.165, 1.54) is 25.0 Å². The molecule has 1 aliphatic rings. The Balaban J connectivity index is 1.90. The number of nitrogens with two attached hydrogens (primary N) is 1. The molecule has 0 aromatic heterocycles. The predicted molar refractivity (Wildman–Crippen MR) is 78.4 cm³/mol. The highest BCUT2D eigenvalue weighted by atomic mass is 19.1. The molecule has 1 aromatic carbocycles. The number of hydrogen-bond donors (Lipinski definition) is 1. The Morgan fingerprint density at radius 3 is 2.90 bits per heavy atom. The van der Waals surface area contributed by atoms with E-state index in [1.807, 2.05) is 18.9 Å². The van der Waals surface area contributed by atoms with Crippen molar-refractivity contribution in [2.75, 3.05) is 13.6 Å². The molecule has 0 saturated heterocycles. The van der Waals surface area contributed by atoms with Crippen molar-refractivity contribution in [3.05, 3.63) is 30.1 Å². The molecule has 0 aliphatic heterocycles. The Kier molecular flexibility index (Phi) is 4.82. The molecule has 0 spiro atoms. The summed E-state index contributed by atoms with van der Waals surface area (Å²) in [6.45, 7) is 2.50. The van der Waals surface area contributed by atoms with Crippen LogP contribution in [0.25, 0.3) is 0 Å². The zero-order valence-corrected chi connectivity index (χ0v) is 12.1. The van der Waals surface area contributed by atoms with Gasteiger partial charge in [0.1, 0.15) is 17.7 Å². The van der Waals surface area contributed by atoms with Gasteiger partial charge in [0.25, 0.3) is 0 Å². The van der Waals surface area contributed by atoms with Crippen molar-refractivity contribution in [1.29, 1.82) is 0 Å². The third kappa shape index (κ3) is 4.11. The molecule has 1 aromatic rings. The van der Waals surface area contributed by atoms with Crippen LogP contribution in [-0.2, 0) is 0 Å². The van der Waals surface area contributed by atoms with E-state index in [9.17, 15) is 4.39 Å². The van der Waals surface area contributed by atoms with Crippen LogP contribution in [0.3, 0.4) is 0 Å². The first-order valence-electron chi connectivity index (χ1n) is 7.05. The average Bonchev–Trinajstić information content (AvgIpc) is 3.26. The highest BCUT2D eigenvalue weighted by molar-refractivity contribution is 5.78. The highest BCUT2D eigenvalue weighted by Crippen LogP contribution is 2.24. The van der Waals surface area contributed by atoms with E-state index in [4.69, 9.17) is 10.5 Å². The molecule has 1 aliphatic carbocycles. The van der Waals surface area contributed by atoms with Crippen LogP contribution in [0.4, 0.5) is 4.39 Å². The van der Waals surface area contributed by atoms with Crippen molar-refractivity contribution in [3.63, 3.8) is 0 Å². The van der Waals surface area contributed by atoms with E-state index in [-0.39, 0.29) is 11.9 Å². The Hall–Kier alpha value is -1.78. The van der Waals surface area contributed by atoms with Crippen molar-refractivity contribution in [3.8, 4) is 5.75 Å². The van der Waals surface area contributed by atoms with Crippen LogP contribution in [-0.4, -0.2) is 36.6 Å². The normalized spacial score (nSPS) is 16.9. The molecular formula is C15H22FN3O. The molecule has 1 unspecified atom stereocenters. The lowest BCUT2D eigenvalue weighted by Gasteiger charge is -2.19. The Bertz CT molecular complexity index is 474. The van der Waals surface area contributed by atoms with Gasteiger partial charge in [-0.25, -0.2) is 9.38 Å². The van der Waals surface area contributed by atoms with Crippen LogP contribution in [0.2, 0.25) is 0 Å². The van der Waals surface area contributed by atoms with E-state index in [0.717, 1.165) is 6.42 Å². The van der Waals surface area contributed by atoms with E-state index in [1.54, 1.807) is 12.1 Å². The van der Waals surface area contributed by atoms with Gasteiger partial charge in [-0.05, 0) is 31.4 Å². The molecule has 4 nitrogen and oxygen atoms in total. The van der Waals surface area contributed by atoms with Crippen LogP contribution in [0.15, 0.2) is 29.3 Å². The molecule has 0 heterocycles. The second kappa shape index (κ2) is 6.59. The fraction of sp³-hybridized carbons (Fsp3) is 0.533. The van der Waals surface area contributed by atoms with Crippen molar-refractivity contribution in [2.24, 2.45) is 10.7 Å². The van der Waals surface area contributed by atoms with E-state index in [2.05, 4.69) is 4.99 Å². The number of hydrogen-bond acceptors (Lipinski definition) is 2. The van der Waals surface area contributed by atoms with Crippen LogP contribution in [0, 0.1) is 5.82 Å². The standard InChI is InChI=1S/C15H22FN3O/c1-3-13(20-14-6-4-5-11(16)9-14)10-18-15(17)19(2)12-7-8-12/h4-6,9,12-13H,3,7-8,10H2,1-2H3,(H2,17,18). The highest BCUT2D eigenvalue weighted by Gasteiger charge is 2.27. The first-order valence-corrected chi connectivity index (χ1v) is 7.05. The summed E-state index contributed by atoms with van der Waals surface area (Å²) in [5.74, 6) is 0.781. The van der Waals surface area contributed by atoms with Crippen molar-refractivity contribution < 1.29 is 9.13 Å². The monoisotopic (exact) mass is 279 g/mol. The molecule has 20 heavy (non-hydrogen) atoms. The molecule has 0 radical (unpaired) electrons. The molecule has 1 saturated carbocycles. The van der Waals surface area contributed by atoms with Crippen molar-refractivity contribution in [2.45, 2.75) is 38.3 Å². The van der Waals surface area contributed by atoms with Crippen LogP contribution < -0.4 is 10.5 Å². The second-order valence-electron chi connectivity index (χ2n) is 5.15. The van der Waals surface area contributed by atoms with Gasteiger partial charge < -0.3 is 15.4 Å². The number of nitrogens with zero attached hydrogens (tertiary/aromatic N) is 2. The van der Waals surface area contributed by atoms with Gasteiger partial charge in [0.05, 0.1) is 6.54 Å². The molecule has 2 rings (SSSR count). The molecule has 110 valence electrons. The lowest BCUT2D eigenvalue weighted by molar-refractivity contribution is 0.204. The summed E-state index contributed by atoms with van der Waals surface area (Å²) in [5.41, 5.74) is 5.94. The lowest BCUT2D eigenvalue weighted by Crippen LogP contribution is -2.36. The van der Waals surface area contributed by atoms with Gasteiger partial charge in [-0.2, -0.15) is 0 Å². The third-order valence-corrected chi connectivity index (χ3v) is 3.47. The number of guanidine groups is 1. The summed E-state index contributed by atoms with van der Waals surface area (Å²) < 4.78 is 18.8. The first kappa shape index (κ1) is 14.6. The van der Waals surface area contributed by atoms with E-state index in [0.29, 0.717) is 24.3 Å². The third-order valence-electron chi connectivity index (χ3n) is 3.47. The molecule has 1 atom stereocenters. The number of halogens is 1. The van der Waals surface area contributed by atoms with Crippen molar-refractivity contribution in [1.82, 2.24) is 4.90 Å². The molecule has 2 N–H and O–H groups in total. The summed E-state index contributed by atoms with van der Waals surface area (Å²) >= 11 is 0. The average molecular weight is 279 g/mol. The van der Waals surface area contributed by atoms with Gasteiger partial charge in [-0.3, -0.25) is 0 Å². The minimum Gasteiger partial charge on any atom is -0.488 e. The fourth-order valence-electron chi connectivity index (χ4n) is 1.94. The van der Waals surface area contributed by atoms with Crippen LogP contribution >= 0.6 is 0 Å². The Morgan fingerprint density at radius 2 is 2.30 bits per heavy atom. The van der Waals surface area contributed by atoms with Crippen LogP contribution in [0.5, 0.6) is 5.75 Å². The number of ether oxygens (including phenoxy) is 1. The van der Waals surface area contributed by atoms with Gasteiger partial charge in [0.15, 0.2) is 5.96 Å². The zero-order valence-electron chi connectivity index (χ0n) is 12.1. The largest absolute Gasteiger partial charge is 0.488 e. The van der Waals surface area contributed by atoms with Crippen LogP contribution in [0.1, 0.15) is 26.2 Å². The fourth-order valence-corrected chi connectivity index (χ4v) is 1.94. The first-order chi connectivity index (χ1) is 9.60. The summed E-state index contributed by atoms with van der Waals surface area (Å²) in [6, 6.07) is 6.70. The maximum absolute atomic E-state index is 13.1. The molecule has 0 amide bonds. The Labute approximate surface area is 119 Å². The summed E-state index contributed by atoms with van der Waals surface area (Å²) in [6.07, 6.45) is 3.07. The lowest BCUT2D eigenvalue weighted by atomic mass is 10.2. The van der Waals surface area contributed by atoms with Gasteiger partial charge in [0, 0.05) is 19.2 Å². The van der Waals surface area contributed by atoms with E-state index < -0.39 is 0 Å². The summed E-state index contributed by atoms with van der Waals surface area (Å²) in [7, 11) is 1.96. The summed E-state index contributed by atoms with van der Waals surface area (Å²) in [4.78, 5) is 6.39. The van der Waals surface area contributed by atoms with Gasteiger partial charge >= 0.3 is 0 Å².